The highest BCUT2D eigenvalue weighted by molar-refractivity contribution is 5.92. The highest BCUT2D eigenvalue weighted by atomic mass is 16.5. The largest absolute Gasteiger partial charge is 0.496 e. The number of para-hydroxylation sites is 1. The van der Waals surface area contributed by atoms with Crippen molar-refractivity contribution in [1.29, 1.82) is 0 Å². The number of nitrogens with one attached hydrogen (secondary N) is 1. The molecule has 0 saturated carbocycles. The van der Waals surface area contributed by atoms with E-state index in [1.54, 1.807) is 7.11 Å². The smallest absolute Gasteiger partial charge is 0.193 e. The number of benzene rings is 2. The molecule has 0 aromatic heterocycles. The third-order valence-corrected chi connectivity index (χ3v) is 2.90. The van der Waals surface area contributed by atoms with Crippen molar-refractivity contribution in [2.45, 2.75) is 13.5 Å². The van der Waals surface area contributed by atoms with Gasteiger partial charge in [0, 0.05) is 11.3 Å². The van der Waals surface area contributed by atoms with Crippen LogP contribution in [-0.2, 0) is 6.54 Å². The van der Waals surface area contributed by atoms with Gasteiger partial charge in [0.15, 0.2) is 5.96 Å². The predicted octanol–water partition coefficient (Wildman–Crippen LogP) is 2.93. The maximum absolute atomic E-state index is 5.89. The van der Waals surface area contributed by atoms with Crippen LogP contribution in [0.15, 0.2) is 53.5 Å². The minimum atomic E-state index is 0.390. The molecule has 0 aliphatic rings. The van der Waals surface area contributed by atoms with E-state index in [0.29, 0.717) is 12.5 Å². The first-order chi connectivity index (χ1) is 9.69. The molecule has 0 unspecified atom stereocenters. The van der Waals surface area contributed by atoms with Crippen molar-refractivity contribution in [2.24, 2.45) is 10.7 Å². The molecule has 2 rings (SSSR count). The van der Waals surface area contributed by atoms with Crippen LogP contribution in [0.3, 0.4) is 0 Å². The van der Waals surface area contributed by atoms with E-state index in [0.717, 1.165) is 17.0 Å². The second-order valence-electron chi connectivity index (χ2n) is 4.51. The molecule has 0 aliphatic carbocycles. The van der Waals surface area contributed by atoms with Crippen LogP contribution < -0.4 is 15.8 Å². The fourth-order valence-corrected chi connectivity index (χ4v) is 1.91. The summed E-state index contributed by atoms with van der Waals surface area (Å²) >= 11 is 0. The van der Waals surface area contributed by atoms with Gasteiger partial charge in [0.05, 0.1) is 13.7 Å². The zero-order valence-electron chi connectivity index (χ0n) is 11.8. The zero-order valence-corrected chi connectivity index (χ0v) is 11.8. The molecule has 0 bridgehead atoms. The molecule has 104 valence electrons. The number of anilines is 1. The number of aryl methyl sites for hydroxylation is 1. The lowest BCUT2D eigenvalue weighted by Crippen LogP contribution is -2.22. The summed E-state index contributed by atoms with van der Waals surface area (Å²) < 4.78 is 5.28. The van der Waals surface area contributed by atoms with Gasteiger partial charge in [-0.15, -0.1) is 0 Å². The summed E-state index contributed by atoms with van der Waals surface area (Å²) in [4.78, 5) is 4.33. The van der Waals surface area contributed by atoms with Gasteiger partial charge in [0.25, 0.3) is 0 Å². The van der Waals surface area contributed by atoms with Crippen LogP contribution in [0, 0.1) is 6.92 Å². The van der Waals surface area contributed by atoms with Crippen molar-refractivity contribution in [3.8, 4) is 5.75 Å². The Bertz CT molecular complexity index is 608. The van der Waals surface area contributed by atoms with E-state index in [2.05, 4.69) is 10.3 Å². The van der Waals surface area contributed by atoms with Gasteiger partial charge in [0.1, 0.15) is 5.75 Å². The minimum Gasteiger partial charge on any atom is -0.496 e. The van der Waals surface area contributed by atoms with Gasteiger partial charge in [-0.25, -0.2) is 4.99 Å². The summed E-state index contributed by atoms with van der Waals surface area (Å²) in [6.45, 7) is 2.52. The number of nitrogens with zero attached hydrogens (tertiary/aromatic N) is 1. The van der Waals surface area contributed by atoms with E-state index in [-0.39, 0.29) is 0 Å². The number of methoxy groups -OCH3 is 1. The highest BCUT2D eigenvalue weighted by Crippen LogP contribution is 2.18. The molecule has 0 amide bonds. The van der Waals surface area contributed by atoms with E-state index in [1.165, 1.54) is 5.56 Å². The molecule has 0 radical (unpaired) electrons. The number of guanidine groups is 1. The van der Waals surface area contributed by atoms with Crippen LogP contribution in [0.5, 0.6) is 5.75 Å². The number of aliphatic imine (C=N–C) groups is 1. The third-order valence-electron chi connectivity index (χ3n) is 2.90. The average molecular weight is 269 g/mol. The Morgan fingerprint density at radius 1 is 1.20 bits per heavy atom. The van der Waals surface area contributed by atoms with Gasteiger partial charge < -0.3 is 15.8 Å². The van der Waals surface area contributed by atoms with Crippen molar-refractivity contribution in [3.05, 3.63) is 59.7 Å². The summed E-state index contributed by atoms with van der Waals surface area (Å²) in [5, 5.41) is 3.08. The molecule has 0 spiro atoms. The van der Waals surface area contributed by atoms with Crippen LogP contribution in [0.2, 0.25) is 0 Å². The molecule has 2 aromatic carbocycles. The second-order valence-corrected chi connectivity index (χ2v) is 4.51. The Labute approximate surface area is 119 Å². The summed E-state index contributed by atoms with van der Waals surface area (Å²) in [6.07, 6.45) is 0. The summed E-state index contributed by atoms with van der Waals surface area (Å²) in [6, 6.07) is 15.8. The Balaban J connectivity index is 2.04. The molecule has 3 N–H and O–H groups in total. The van der Waals surface area contributed by atoms with Crippen molar-refractivity contribution >= 4 is 11.6 Å². The van der Waals surface area contributed by atoms with Crippen LogP contribution >= 0.6 is 0 Å². The quantitative estimate of drug-likeness (QED) is 0.662. The average Bonchev–Trinajstić information content (AvgIpc) is 2.45. The van der Waals surface area contributed by atoms with Gasteiger partial charge >= 0.3 is 0 Å². The third kappa shape index (κ3) is 3.75. The van der Waals surface area contributed by atoms with Crippen LogP contribution in [0.25, 0.3) is 0 Å². The molecule has 2 aromatic rings. The van der Waals surface area contributed by atoms with E-state index in [9.17, 15) is 0 Å². The van der Waals surface area contributed by atoms with Crippen LogP contribution in [0.1, 0.15) is 11.1 Å². The first-order valence-corrected chi connectivity index (χ1v) is 6.44. The number of nitrogens with two attached hydrogens (primary N) is 1. The maximum Gasteiger partial charge on any atom is 0.193 e. The van der Waals surface area contributed by atoms with E-state index < -0.39 is 0 Å². The standard InChI is InChI=1S/C16H19N3O/c1-12-6-5-8-14(10-12)19-16(17)18-11-13-7-3-4-9-15(13)20-2/h3-10H,11H2,1-2H3,(H3,17,18,19). The number of rotatable bonds is 4. The van der Waals surface area contributed by atoms with Gasteiger partial charge in [0.2, 0.25) is 0 Å². The van der Waals surface area contributed by atoms with E-state index in [1.807, 2.05) is 55.5 Å². The first-order valence-electron chi connectivity index (χ1n) is 6.44. The summed E-state index contributed by atoms with van der Waals surface area (Å²) in [5.74, 6) is 1.21. The number of hydrogen-bond acceptors (Lipinski definition) is 2. The fraction of sp³-hybridized carbons (Fsp3) is 0.188. The van der Waals surface area contributed by atoms with Crippen molar-refractivity contribution in [2.75, 3.05) is 12.4 Å². The topological polar surface area (TPSA) is 59.6 Å². The minimum absolute atomic E-state index is 0.390. The lowest BCUT2D eigenvalue weighted by atomic mass is 10.2. The predicted molar refractivity (Wildman–Crippen MR) is 83.1 cm³/mol. The normalized spacial score (nSPS) is 11.2. The molecular weight excluding hydrogens is 250 g/mol. The maximum atomic E-state index is 5.89. The molecule has 4 heteroatoms. The lowest BCUT2D eigenvalue weighted by molar-refractivity contribution is 0.410. The highest BCUT2D eigenvalue weighted by Gasteiger charge is 2.01. The number of hydrogen-bond donors (Lipinski definition) is 2. The van der Waals surface area contributed by atoms with Gasteiger partial charge in [-0.3, -0.25) is 0 Å². The lowest BCUT2D eigenvalue weighted by Gasteiger charge is -2.08. The molecule has 4 nitrogen and oxygen atoms in total. The molecule has 0 saturated heterocycles. The van der Waals surface area contributed by atoms with Crippen LogP contribution in [-0.4, -0.2) is 13.1 Å². The molecule has 0 atom stereocenters. The Kier molecular flexibility index (Phi) is 4.60. The molecule has 0 aliphatic heterocycles. The molecule has 20 heavy (non-hydrogen) atoms. The molecule has 0 heterocycles. The number of ether oxygens (including phenoxy) is 1. The summed E-state index contributed by atoms with van der Waals surface area (Å²) in [5.41, 5.74) is 9.01. The Morgan fingerprint density at radius 2 is 2.00 bits per heavy atom. The SMILES string of the molecule is COc1ccccc1CN=C(N)Nc1cccc(C)c1. The van der Waals surface area contributed by atoms with Gasteiger partial charge in [-0.1, -0.05) is 30.3 Å². The first kappa shape index (κ1) is 13.9. The van der Waals surface area contributed by atoms with Crippen molar-refractivity contribution in [3.63, 3.8) is 0 Å². The summed E-state index contributed by atoms with van der Waals surface area (Å²) in [7, 11) is 1.65. The zero-order chi connectivity index (χ0) is 14.4. The molecule has 0 fully saturated rings. The van der Waals surface area contributed by atoms with Crippen molar-refractivity contribution in [1.82, 2.24) is 0 Å². The van der Waals surface area contributed by atoms with Gasteiger partial charge in [-0.05, 0) is 30.7 Å². The van der Waals surface area contributed by atoms with Crippen LogP contribution in [0.4, 0.5) is 5.69 Å². The van der Waals surface area contributed by atoms with E-state index in [4.69, 9.17) is 10.5 Å². The van der Waals surface area contributed by atoms with E-state index >= 15 is 0 Å². The fourth-order valence-electron chi connectivity index (χ4n) is 1.91. The molecular formula is C16H19N3O. The Hall–Kier alpha value is -2.49. The Morgan fingerprint density at radius 3 is 2.75 bits per heavy atom. The van der Waals surface area contributed by atoms with Gasteiger partial charge in [-0.2, -0.15) is 0 Å². The van der Waals surface area contributed by atoms with Crippen molar-refractivity contribution < 1.29 is 4.74 Å². The monoisotopic (exact) mass is 269 g/mol. The second kappa shape index (κ2) is 6.61.